The molecule has 0 bridgehead atoms. The zero-order valence-corrected chi connectivity index (χ0v) is 23.0. The Morgan fingerprint density at radius 1 is 0.585 bits per heavy atom. The van der Waals surface area contributed by atoms with E-state index in [-0.39, 0.29) is 28.8 Å². The van der Waals surface area contributed by atoms with Crippen LogP contribution in [0.2, 0.25) is 0 Å². The summed E-state index contributed by atoms with van der Waals surface area (Å²) in [7, 11) is 0. The van der Waals surface area contributed by atoms with E-state index in [0.717, 1.165) is 33.4 Å². The molecule has 5 aromatic rings. The third-order valence-electron chi connectivity index (χ3n) is 7.87. The van der Waals surface area contributed by atoms with Crippen LogP contribution in [0.4, 0.5) is 0 Å². The minimum absolute atomic E-state index is 0.111. The van der Waals surface area contributed by atoms with Gasteiger partial charge in [0.1, 0.15) is 23.0 Å². The van der Waals surface area contributed by atoms with E-state index in [0.29, 0.717) is 12.0 Å². The highest BCUT2D eigenvalue weighted by atomic mass is 16.3. The molecule has 0 heterocycles. The monoisotopic (exact) mass is 544 g/mol. The summed E-state index contributed by atoms with van der Waals surface area (Å²) in [6.07, 6.45) is 0.707. The molecule has 0 spiro atoms. The molecule has 0 saturated carbocycles. The lowest BCUT2D eigenvalue weighted by molar-refractivity contribution is 0.0973. The Bertz CT molecular complexity index is 1560. The largest absolute Gasteiger partial charge is 0.508 e. The number of carbonyl (C=O) groups is 1. The molecule has 0 amide bonds. The molecule has 5 heteroatoms. The lowest BCUT2D eigenvalue weighted by Crippen LogP contribution is -2.26. The Balaban J connectivity index is 1.70. The van der Waals surface area contributed by atoms with Crippen molar-refractivity contribution in [1.29, 1.82) is 0 Å². The number of aryl methyl sites for hydroxylation is 1. The smallest absolute Gasteiger partial charge is 0.174 e. The van der Waals surface area contributed by atoms with Crippen molar-refractivity contribution in [3.05, 3.63) is 154 Å². The number of Topliss-reactive ketones (excluding diaryl/α,β-unsaturated/α-hetero) is 1. The van der Waals surface area contributed by atoms with Gasteiger partial charge in [-0.3, -0.25) is 4.79 Å². The molecule has 0 fully saturated rings. The van der Waals surface area contributed by atoms with Gasteiger partial charge in [-0.25, -0.2) is 0 Å². The van der Waals surface area contributed by atoms with Crippen molar-refractivity contribution in [2.45, 2.75) is 31.6 Å². The molecule has 0 aliphatic rings. The molecule has 0 aliphatic carbocycles. The predicted octanol–water partition coefficient (Wildman–Crippen LogP) is 7.44. The SMILES string of the molecule is CCc1cc(C(=O)C(c2ccc(O)cc2)c2ccc(O)cc2)cc(C(C)(c2ccc(O)cc2)c2ccc(O)cc2)c1. The molecule has 5 nitrogen and oxygen atoms in total. The van der Waals surface area contributed by atoms with Gasteiger partial charge in [0.05, 0.1) is 5.92 Å². The van der Waals surface area contributed by atoms with Crippen LogP contribution in [0.1, 0.15) is 63.5 Å². The van der Waals surface area contributed by atoms with Crippen LogP contribution in [0.25, 0.3) is 0 Å². The van der Waals surface area contributed by atoms with Crippen molar-refractivity contribution in [2.24, 2.45) is 0 Å². The average Bonchev–Trinajstić information content (AvgIpc) is 2.99. The van der Waals surface area contributed by atoms with Crippen molar-refractivity contribution in [1.82, 2.24) is 0 Å². The third-order valence-corrected chi connectivity index (χ3v) is 7.87. The second-order valence-electron chi connectivity index (χ2n) is 10.5. The normalized spacial score (nSPS) is 11.5. The number of carbonyl (C=O) groups excluding carboxylic acids is 1. The molecule has 5 rings (SSSR count). The van der Waals surface area contributed by atoms with Crippen LogP contribution in [0.3, 0.4) is 0 Å². The number of ketones is 1. The number of hydrogen-bond donors (Lipinski definition) is 4. The van der Waals surface area contributed by atoms with E-state index in [1.807, 2.05) is 43.3 Å². The standard InChI is InChI=1S/C36H32O5/c1-3-23-20-26(35(41)34(24-4-12-30(37)13-5-24)25-6-14-31(38)15-7-25)22-29(21-23)36(2,27-8-16-32(39)17-9-27)28-10-18-33(40)19-11-28/h4-22,34,37-40H,3H2,1-2H3. The first-order valence-electron chi connectivity index (χ1n) is 13.5. The molecule has 4 N–H and O–H groups in total. The molecule has 0 atom stereocenters. The quantitative estimate of drug-likeness (QED) is 0.120. The molecule has 0 aromatic heterocycles. The molecular formula is C36H32O5. The van der Waals surface area contributed by atoms with E-state index >= 15 is 0 Å². The number of hydrogen-bond acceptors (Lipinski definition) is 5. The number of aromatic hydroxyl groups is 4. The van der Waals surface area contributed by atoms with Crippen molar-refractivity contribution >= 4 is 5.78 Å². The van der Waals surface area contributed by atoms with E-state index in [1.165, 1.54) is 0 Å². The van der Waals surface area contributed by atoms with Gasteiger partial charge in [0.15, 0.2) is 5.78 Å². The predicted molar refractivity (Wildman–Crippen MR) is 160 cm³/mol. The summed E-state index contributed by atoms with van der Waals surface area (Å²) in [5.74, 6) is -0.239. The van der Waals surface area contributed by atoms with Crippen molar-refractivity contribution in [2.75, 3.05) is 0 Å². The highest BCUT2D eigenvalue weighted by molar-refractivity contribution is 6.03. The summed E-state index contributed by atoms with van der Waals surface area (Å²) in [4.78, 5) is 14.4. The molecule has 206 valence electrons. The molecule has 41 heavy (non-hydrogen) atoms. The Morgan fingerprint density at radius 3 is 1.37 bits per heavy atom. The second-order valence-corrected chi connectivity index (χ2v) is 10.5. The highest BCUT2D eigenvalue weighted by Crippen LogP contribution is 2.41. The van der Waals surface area contributed by atoms with E-state index in [9.17, 15) is 25.2 Å². The zero-order valence-electron chi connectivity index (χ0n) is 23.0. The minimum Gasteiger partial charge on any atom is -0.508 e. The summed E-state index contributed by atoms with van der Waals surface area (Å²) in [5, 5.41) is 39.8. The summed E-state index contributed by atoms with van der Waals surface area (Å²) < 4.78 is 0. The van der Waals surface area contributed by atoms with Crippen LogP contribution in [0.15, 0.2) is 115 Å². The molecule has 0 saturated heterocycles. The van der Waals surface area contributed by atoms with E-state index in [1.54, 1.807) is 72.8 Å². The first-order valence-corrected chi connectivity index (χ1v) is 13.5. The summed E-state index contributed by atoms with van der Waals surface area (Å²) in [5.41, 5.74) is 4.99. The Labute approximate surface area is 239 Å². The van der Waals surface area contributed by atoms with Gasteiger partial charge < -0.3 is 20.4 Å². The zero-order chi connectivity index (χ0) is 29.1. The van der Waals surface area contributed by atoms with Crippen molar-refractivity contribution < 1.29 is 25.2 Å². The average molecular weight is 545 g/mol. The minimum atomic E-state index is -0.714. The van der Waals surface area contributed by atoms with E-state index < -0.39 is 11.3 Å². The van der Waals surface area contributed by atoms with Crippen LogP contribution in [-0.2, 0) is 11.8 Å². The van der Waals surface area contributed by atoms with Gasteiger partial charge in [0.2, 0.25) is 0 Å². The maximum atomic E-state index is 14.4. The summed E-state index contributed by atoms with van der Waals surface area (Å²) in [6.45, 7) is 4.12. The topological polar surface area (TPSA) is 98.0 Å². The lowest BCUT2D eigenvalue weighted by atomic mass is 9.70. The van der Waals surface area contributed by atoms with E-state index in [4.69, 9.17) is 0 Å². The van der Waals surface area contributed by atoms with Crippen molar-refractivity contribution in [3.63, 3.8) is 0 Å². The van der Waals surface area contributed by atoms with Gasteiger partial charge in [0.25, 0.3) is 0 Å². The first-order chi connectivity index (χ1) is 19.7. The van der Waals surface area contributed by atoms with Crippen LogP contribution in [0, 0.1) is 0 Å². The molecular weight excluding hydrogens is 512 g/mol. The van der Waals surface area contributed by atoms with Gasteiger partial charge in [-0.15, -0.1) is 0 Å². The van der Waals surface area contributed by atoms with Crippen LogP contribution in [0.5, 0.6) is 23.0 Å². The Morgan fingerprint density at radius 2 is 0.976 bits per heavy atom. The highest BCUT2D eigenvalue weighted by Gasteiger charge is 2.33. The number of phenols is 4. The van der Waals surface area contributed by atoms with Gasteiger partial charge in [-0.2, -0.15) is 0 Å². The first kappa shape index (κ1) is 27.5. The Kier molecular flexibility index (Phi) is 7.54. The molecule has 0 unspecified atom stereocenters. The van der Waals surface area contributed by atoms with Gasteiger partial charge >= 0.3 is 0 Å². The fourth-order valence-corrected chi connectivity index (χ4v) is 5.41. The maximum Gasteiger partial charge on any atom is 0.174 e. The van der Waals surface area contributed by atoms with Gasteiger partial charge in [-0.1, -0.05) is 61.5 Å². The summed E-state index contributed by atoms with van der Waals surface area (Å²) >= 11 is 0. The van der Waals surface area contributed by atoms with Crippen molar-refractivity contribution in [3.8, 4) is 23.0 Å². The second kappa shape index (κ2) is 11.2. The molecule has 0 aliphatic heterocycles. The van der Waals surface area contributed by atoms with E-state index in [2.05, 4.69) is 13.0 Å². The van der Waals surface area contributed by atoms with Gasteiger partial charge in [-0.05, 0) is 107 Å². The van der Waals surface area contributed by atoms with Crippen LogP contribution < -0.4 is 0 Å². The number of benzene rings is 5. The third kappa shape index (κ3) is 5.52. The molecule has 5 aromatic carbocycles. The summed E-state index contributed by atoms with van der Waals surface area (Å²) in [6, 6.07) is 33.3. The number of rotatable bonds is 8. The molecule has 0 radical (unpaired) electrons. The maximum absolute atomic E-state index is 14.4. The Hall–Kier alpha value is -5.03. The fraction of sp³-hybridized carbons (Fsp3) is 0.139. The van der Waals surface area contributed by atoms with Crippen LogP contribution >= 0.6 is 0 Å². The lowest BCUT2D eigenvalue weighted by Gasteiger charge is -2.33. The number of phenolic OH excluding ortho intramolecular Hbond substituents is 4. The van der Waals surface area contributed by atoms with Crippen LogP contribution in [-0.4, -0.2) is 26.2 Å². The fourth-order valence-electron chi connectivity index (χ4n) is 5.41. The van der Waals surface area contributed by atoms with Gasteiger partial charge in [0, 0.05) is 11.0 Å².